The second-order valence-corrected chi connectivity index (χ2v) is 4.54. The van der Waals surface area contributed by atoms with E-state index in [-0.39, 0.29) is 6.61 Å². The molecule has 0 unspecified atom stereocenters. The maximum Gasteiger partial charge on any atom is 0.119 e. The Morgan fingerprint density at radius 3 is 2.79 bits per heavy atom. The quantitative estimate of drug-likeness (QED) is 0.788. The van der Waals surface area contributed by atoms with Crippen molar-refractivity contribution in [1.29, 1.82) is 0 Å². The van der Waals surface area contributed by atoms with Gasteiger partial charge in [-0.25, -0.2) is 0 Å². The lowest BCUT2D eigenvalue weighted by Gasteiger charge is -2.05. The van der Waals surface area contributed by atoms with Crippen LogP contribution in [0.25, 0.3) is 0 Å². The van der Waals surface area contributed by atoms with E-state index in [0.29, 0.717) is 18.1 Å². The Labute approximate surface area is 116 Å². The molecule has 0 aliphatic heterocycles. The number of aromatic nitrogens is 3. The summed E-state index contributed by atoms with van der Waals surface area (Å²) in [6.45, 7) is 1.45. The van der Waals surface area contributed by atoms with Gasteiger partial charge in [0.25, 0.3) is 0 Å². The van der Waals surface area contributed by atoms with Crippen molar-refractivity contribution < 1.29 is 9.84 Å². The van der Waals surface area contributed by atoms with Gasteiger partial charge in [-0.2, -0.15) is 0 Å². The molecule has 19 heavy (non-hydrogen) atoms. The minimum atomic E-state index is 0.0956. The van der Waals surface area contributed by atoms with E-state index in [1.54, 1.807) is 16.8 Å². The van der Waals surface area contributed by atoms with Gasteiger partial charge in [-0.05, 0) is 24.3 Å². The monoisotopic (exact) mass is 281 g/mol. The molecule has 1 aromatic heterocycles. The summed E-state index contributed by atoms with van der Waals surface area (Å²) in [5.41, 5.74) is 0.807. The van der Waals surface area contributed by atoms with Gasteiger partial charge in [0.2, 0.25) is 0 Å². The molecule has 5 nitrogen and oxygen atoms in total. The van der Waals surface area contributed by atoms with Gasteiger partial charge in [0.1, 0.15) is 5.75 Å². The van der Waals surface area contributed by atoms with E-state index >= 15 is 0 Å². The van der Waals surface area contributed by atoms with Crippen LogP contribution < -0.4 is 4.74 Å². The first-order valence-corrected chi connectivity index (χ1v) is 6.54. The fraction of sp³-hybridized carbons (Fsp3) is 0.385. The fourth-order valence-corrected chi connectivity index (χ4v) is 1.75. The van der Waals surface area contributed by atoms with Crippen LogP contribution in [0.2, 0.25) is 5.02 Å². The third-order valence-electron chi connectivity index (χ3n) is 2.57. The molecule has 2 rings (SSSR count). The highest BCUT2D eigenvalue weighted by Gasteiger charge is 2.00. The van der Waals surface area contributed by atoms with E-state index < -0.39 is 0 Å². The Bertz CT molecular complexity index is 499. The van der Waals surface area contributed by atoms with Crippen LogP contribution in [0.15, 0.2) is 30.5 Å². The normalized spacial score (nSPS) is 10.6. The van der Waals surface area contributed by atoms with Gasteiger partial charge in [-0.1, -0.05) is 16.8 Å². The highest BCUT2D eigenvalue weighted by Crippen LogP contribution is 2.15. The second kappa shape index (κ2) is 7.11. The molecule has 0 radical (unpaired) electrons. The van der Waals surface area contributed by atoms with Crippen molar-refractivity contribution >= 4 is 11.6 Å². The second-order valence-electron chi connectivity index (χ2n) is 4.10. The molecule has 6 heteroatoms. The van der Waals surface area contributed by atoms with Gasteiger partial charge in [0.15, 0.2) is 0 Å². The Morgan fingerprint density at radius 1 is 1.26 bits per heavy atom. The molecule has 0 bridgehead atoms. The highest BCUT2D eigenvalue weighted by atomic mass is 35.5. The van der Waals surface area contributed by atoms with Gasteiger partial charge in [0.05, 0.1) is 12.3 Å². The van der Waals surface area contributed by atoms with E-state index in [1.165, 1.54) is 0 Å². The van der Waals surface area contributed by atoms with Crippen molar-refractivity contribution in [2.45, 2.75) is 19.4 Å². The lowest BCUT2D eigenvalue weighted by Crippen LogP contribution is -2.05. The van der Waals surface area contributed by atoms with E-state index in [4.69, 9.17) is 21.4 Å². The number of benzene rings is 1. The molecule has 0 aliphatic rings. The summed E-state index contributed by atoms with van der Waals surface area (Å²) < 4.78 is 7.34. The number of aliphatic hydroxyl groups excluding tert-OH is 1. The first-order chi connectivity index (χ1) is 9.28. The first-order valence-electron chi connectivity index (χ1n) is 6.16. The number of aliphatic hydroxyl groups is 1. The summed E-state index contributed by atoms with van der Waals surface area (Å²) in [5.74, 6) is 0.809. The number of hydrogen-bond donors (Lipinski definition) is 1. The molecule has 0 saturated heterocycles. The molecule has 0 saturated carbocycles. The summed E-state index contributed by atoms with van der Waals surface area (Å²) in [6.07, 6.45) is 3.23. The number of aryl methyl sites for hydroxylation is 1. The predicted octanol–water partition coefficient (Wildman–Crippen LogP) is 1.94. The molecule has 102 valence electrons. The highest BCUT2D eigenvalue weighted by molar-refractivity contribution is 6.30. The smallest absolute Gasteiger partial charge is 0.119 e. The third-order valence-corrected chi connectivity index (χ3v) is 2.82. The molecule has 1 heterocycles. The molecule has 0 atom stereocenters. The molecule has 1 N–H and O–H groups in total. The summed E-state index contributed by atoms with van der Waals surface area (Å²) in [7, 11) is 0. The van der Waals surface area contributed by atoms with E-state index in [1.807, 2.05) is 18.3 Å². The van der Waals surface area contributed by atoms with Gasteiger partial charge in [-0.3, -0.25) is 4.68 Å². The first kappa shape index (κ1) is 13.8. The van der Waals surface area contributed by atoms with Crippen molar-refractivity contribution in [2.24, 2.45) is 0 Å². The minimum absolute atomic E-state index is 0.0956. The largest absolute Gasteiger partial charge is 0.494 e. The number of nitrogens with zero attached hydrogens (tertiary/aromatic N) is 3. The summed E-state index contributed by atoms with van der Waals surface area (Å²) in [6, 6.07) is 7.29. The zero-order chi connectivity index (χ0) is 13.5. The molecule has 0 aliphatic carbocycles. The van der Waals surface area contributed by atoms with Crippen LogP contribution in [-0.2, 0) is 13.0 Å². The van der Waals surface area contributed by atoms with Crippen LogP contribution in [0, 0.1) is 0 Å². The predicted molar refractivity (Wildman–Crippen MR) is 72.4 cm³/mol. The van der Waals surface area contributed by atoms with Crippen LogP contribution in [-0.4, -0.2) is 33.3 Å². The van der Waals surface area contributed by atoms with Crippen LogP contribution in [0.1, 0.15) is 12.1 Å². The maximum absolute atomic E-state index is 8.78. The average molecular weight is 282 g/mol. The van der Waals surface area contributed by atoms with Crippen LogP contribution in [0.4, 0.5) is 0 Å². The standard InChI is InChI=1S/C13H16ClN3O2/c14-11-2-4-13(5-3-11)19-9-1-7-17-10-12(6-8-18)15-16-17/h2-5,10,18H,1,6-9H2. The minimum Gasteiger partial charge on any atom is -0.494 e. The maximum atomic E-state index is 8.78. The van der Waals surface area contributed by atoms with Gasteiger partial charge in [0, 0.05) is 37.2 Å². The third kappa shape index (κ3) is 4.54. The Hall–Kier alpha value is -1.59. The summed E-state index contributed by atoms with van der Waals surface area (Å²) >= 11 is 5.79. The summed E-state index contributed by atoms with van der Waals surface area (Å²) in [4.78, 5) is 0. The number of ether oxygens (including phenoxy) is 1. The van der Waals surface area contributed by atoms with Gasteiger partial charge < -0.3 is 9.84 Å². The zero-order valence-corrected chi connectivity index (χ0v) is 11.3. The summed E-state index contributed by atoms with van der Waals surface area (Å²) in [5, 5.41) is 17.4. The van der Waals surface area contributed by atoms with Crippen molar-refractivity contribution in [1.82, 2.24) is 15.0 Å². The molecule has 1 aromatic carbocycles. The number of hydrogen-bond acceptors (Lipinski definition) is 4. The molecule has 2 aromatic rings. The van der Waals surface area contributed by atoms with Crippen molar-refractivity contribution in [3.8, 4) is 5.75 Å². The van der Waals surface area contributed by atoms with Crippen LogP contribution in [0.3, 0.4) is 0 Å². The Balaban J connectivity index is 1.69. The average Bonchev–Trinajstić information content (AvgIpc) is 2.85. The van der Waals surface area contributed by atoms with Crippen molar-refractivity contribution in [3.05, 3.63) is 41.2 Å². The number of halogens is 1. The van der Waals surface area contributed by atoms with Crippen LogP contribution in [0.5, 0.6) is 5.75 Å². The molecule has 0 spiro atoms. The SMILES string of the molecule is OCCc1cn(CCCOc2ccc(Cl)cc2)nn1. The van der Waals surface area contributed by atoms with Crippen LogP contribution >= 0.6 is 11.6 Å². The Morgan fingerprint density at radius 2 is 2.05 bits per heavy atom. The van der Waals surface area contributed by atoms with E-state index in [0.717, 1.165) is 24.4 Å². The molecule has 0 fully saturated rings. The molecular formula is C13H16ClN3O2. The zero-order valence-electron chi connectivity index (χ0n) is 10.5. The van der Waals surface area contributed by atoms with Gasteiger partial charge in [-0.15, -0.1) is 5.10 Å². The van der Waals surface area contributed by atoms with E-state index in [2.05, 4.69) is 10.3 Å². The fourth-order valence-electron chi connectivity index (χ4n) is 1.62. The molecule has 0 amide bonds. The van der Waals surface area contributed by atoms with E-state index in [9.17, 15) is 0 Å². The lowest BCUT2D eigenvalue weighted by molar-refractivity contribution is 0.297. The van der Waals surface area contributed by atoms with Crippen molar-refractivity contribution in [3.63, 3.8) is 0 Å². The van der Waals surface area contributed by atoms with Gasteiger partial charge >= 0.3 is 0 Å². The lowest BCUT2D eigenvalue weighted by atomic mass is 10.3. The van der Waals surface area contributed by atoms with Crippen molar-refractivity contribution in [2.75, 3.05) is 13.2 Å². The Kier molecular flexibility index (Phi) is 5.18. The topological polar surface area (TPSA) is 60.2 Å². The molecular weight excluding hydrogens is 266 g/mol. The number of rotatable bonds is 7.